The topological polar surface area (TPSA) is 120 Å². The van der Waals surface area contributed by atoms with Gasteiger partial charge in [-0.1, -0.05) is 24.3 Å². The molecule has 0 saturated carbocycles. The molecule has 0 aliphatic carbocycles. The number of halogens is 2. The third-order valence-corrected chi connectivity index (χ3v) is 8.05. The van der Waals surface area contributed by atoms with Gasteiger partial charge in [-0.25, -0.2) is 4.39 Å². The highest BCUT2D eigenvalue weighted by atomic mass is 35.5. The first-order valence-corrected chi connectivity index (χ1v) is 13.4. The van der Waals surface area contributed by atoms with Gasteiger partial charge in [0.15, 0.2) is 0 Å². The van der Waals surface area contributed by atoms with Crippen molar-refractivity contribution in [2.75, 3.05) is 19.4 Å². The minimum atomic E-state index is -1.44. The number of nitrogens with one attached hydrogen (secondary N) is 2. The molecule has 194 valence electrons. The summed E-state index contributed by atoms with van der Waals surface area (Å²) in [5, 5.41) is 36.4. The molecule has 2 fully saturated rings. The molecule has 1 amide bonds. The Morgan fingerprint density at radius 1 is 1.26 bits per heavy atom. The van der Waals surface area contributed by atoms with Crippen molar-refractivity contribution in [1.29, 1.82) is 0 Å². The van der Waals surface area contributed by atoms with E-state index in [1.54, 1.807) is 31.4 Å². The summed E-state index contributed by atoms with van der Waals surface area (Å²) in [4.78, 5) is 13.3. The molecule has 3 heterocycles. The molecule has 3 aliphatic heterocycles. The number of carbonyl (C=O) groups is 1. The smallest absolute Gasteiger partial charge is 0.240 e. The first-order valence-electron chi connectivity index (χ1n) is 11.7. The molecular formula is C24H32ClFN2O6S. The monoisotopic (exact) mass is 530 g/mol. The number of fused-ring (bicyclic) bond motifs is 1. The van der Waals surface area contributed by atoms with Crippen LogP contribution in [0, 0.1) is 11.7 Å². The van der Waals surface area contributed by atoms with Gasteiger partial charge in [0.2, 0.25) is 5.91 Å². The number of amides is 1. The standard InChI is InChI=1S/C24H32ClFN2O6S/c1-11(25)16(22-19(30)18(29)20(31)24(34-22)35-2)28-23(32)17-21-13(10-27-17)9-12(7-8-33-21)14-5-3-4-6-15(14)26/h3-6,9,11,13,16-22,24,27,29-31H,7-8,10H2,1-2H3,(H,28,32)/t11-,13-,16+,17-,18?,19-,20+,21+,22+,24?/m0/s1. The zero-order valence-electron chi connectivity index (χ0n) is 19.5. The molecule has 2 saturated heterocycles. The van der Waals surface area contributed by atoms with E-state index in [-0.39, 0.29) is 17.6 Å². The Morgan fingerprint density at radius 2 is 2.00 bits per heavy atom. The highest BCUT2D eigenvalue weighted by molar-refractivity contribution is 7.99. The molecule has 0 radical (unpaired) electrons. The third kappa shape index (κ3) is 5.55. The highest BCUT2D eigenvalue weighted by Gasteiger charge is 2.49. The second kappa shape index (κ2) is 11.4. The maximum Gasteiger partial charge on any atom is 0.240 e. The number of hydrogen-bond acceptors (Lipinski definition) is 8. The van der Waals surface area contributed by atoms with E-state index in [1.165, 1.54) is 17.8 Å². The van der Waals surface area contributed by atoms with E-state index in [1.807, 2.05) is 6.08 Å². The Morgan fingerprint density at radius 3 is 2.69 bits per heavy atom. The lowest BCUT2D eigenvalue weighted by Crippen LogP contribution is -2.65. The van der Waals surface area contributed by atoms with E-state index in [0.717, 1.165) is 5.57 Å². The maximum atomic E-state index is 14.3. The fourth-order valence-corrected chi connectivity index (χ4v) is 5.91. The predicted molar refractivity (Wildman–Crippen MR) is 131 cm³/mol. The van der Waals surface area contributed by atoms with Crippen molar-refractivity contribution in [3.8, 4) is 0 Å². The number of hydrogen-bond donors (Lipinski definition) is 5. The average Bonchev–Trinajstić information content (AvgIpc) is 3.12. The molecule has 3 aliphatic rings. The van der Waals surface area contributed by atoms with Crippen LogP contribution < -0.4 is 10.6 Å². The lowest BCUT2D eigenvalue weighted by atomic mass is 9.92. The van der Waals surface area contributed by atoms with Crippen molar-refractivity contribution in [2.45, 2.75) is 66.8 Å². The van der Waals surface area contributed by atoms with Gasteiger partial charge >= 0.3 is 0 Å². The van der Waals surface area contributed by atoms with Crippen LogP contribution in [0.1, 0.15) is 18.9 Å². The lowest BCUT2D eigenvalue weighted by Gasteiger charge is -2.44. The van der Waals surface area contributed by atoms with E-state index >= 15 is 0 Å². The quantitative estimate of drug-likeness (QED) is 0.344. The van der Waals surface area contributed by atoms with Crippen LogP contribution >= 0.6 is 23.4 Å². The van der Waals surface area contributed by atoms with Gasteiger partial charge in [0.25, 0.3) is 0 Å². The lowest BCUT2D eigenvalue weighted by molar-refractivity contribution is -0.205. The summed E-state index contributed by atoms with van der Waals surface area (Å²) in [6.45, 7) is 2.47. The molecule has 5 N–H and O–H groups in total. The highest BCUT2D eigenvalue weighted by Crippen LogP contribution is 2.33. The molecule has 0 aromatic heterocycles. The minimum absolute atomic E-state index is 0.135. The predicted octanol–water partition coefficient (Wildman–Crippen LogP) is 0.869. The van der Waals surface area contributed by atoms with Gasteiger partial charge in [-0.3, -0.25) is 4.79 Å². The van der Waals surface area contributed by atoms with Gasteiger partial charge in [-0.15, -0.1) is 23.4 Å². The Hall–Kier alpha value is -1.24. The van der Waals surface area contributed by atoms with E-state index < -0.39 is 53.4 Å². The van der Waals surface area contributed by atoms with Crippen LogP contribution in [0.3, 0.4) is 0 Å². The molecule has 1 aromatic rings. The van der Waals surface area contributed by atoms with Crippen LogP contribution in [0.25, 0.3) is 5.57 Å². The van der Waals surface area contributed by atoms with Crippen molar-refractivity contribution < 1.29 is 34.0 Å². The number of rotatable bonds is 6. The third-order valence-electron chi connectivity index (χ3n) is 6.92. The van der Waals surface area contributed by atoms with Crippen LogP contribution in [0.2, 0.25) is 0 Å². The first kappa shape index (κ1) is 26.8. The molecule has 11 heteroatoms. The average molecular weight is 531 g/mol. The zero-order valence-corrected chi connectivity index (χ0v) is 21.1. The molecule has 35 heavy (non-hydrogen) atoms. The fourth-order valence-electron chi connectivity index (χ4n) is 5.03. The van der Waals surface area contributed by atoms with Crippen molar-refractivity contribution in [2.24, 2.45) is 5.92 Å². The van der Waals surface area contributed by atoms with Crippen LogP contribution in [0.4, 0.5) is 4.39 Å². The second-order valence-electron chi connectivity index (χ2n) is 9.20. The van der Waals surface area contributed by atoms with E-state index in [4.69, 9.17) is 21.1 Å². The second-order valence-corrected chi connectivity index (χ2v) is 10.8. The number of carbonyl (C=O) groups excluding carboxylic acids is 1. The molecule has 4 rings (SSSR count). The van der Waals surface area contributed by atoms with Crippen LogP contribution in [0.15, 0.2) is 30.3 Å². The summed E-state index contributed by atoms with van der Waals surface area (Å²) < 4.78 is 26.2. The number of alkyl halides is 1. The molecule has 0 bridgehead atoms. The Bertz CT molecular complexity index is 937. The maximum absolute atomic E-state index is 14.3. The van der Waals surface area contributed by atoms with Gasteiger partial charge < -0.3 is 35.4 Å². The summed E-state index contributed by atoms with van der Waals surface area (Å²) in [7, 11) is 0. The van der Waals surface area contributed by atoms with Gasteiger partial charge in [0.05, 0.1) is 24.1 Å². The number of ether oxygens (including phenoxy) is 2. The molecule has 0 spiro atoms. The Kier molecular flexibility index (Phi) is 8.76. The van der Waals surface area contributed by atoms with E-state index in [9.17, 15) is 24.5 Å². The fraction of sp³-hybridized carbons (Fsp3) is 0.625. The molecular weight excluding hydrogens is 499 g/mol. The summed E-state index contributed by atoms with van der Waals surface area (Å²) in [6.07, 6.45) is -1.43. The van der Waals surface area contributed by atoms with Crippen molar-refractivity contribution >= 4 is 34.8 Å². The van der Waals surface area contributed by atoms with Gasteiger partial charge in [0, 0.05) is 18.0 Å². The Balaban J connectivity index is 1.49. The van der Waals surface area contributed by atoms with Crippen molar-refractivity contribution in [1.82, 2.24) is 10.6 Å². The molecule has 1 aromatic carbocycles. The molecule has 8 nitrogen and oxygen atoms in total. The number of benzene rings is 1. The summed E-state index contributed by atoms with van der Waals surface area (Å²) in [5.41, 5.74) is 0.600. The number of aliphatic hydroxyl groups excluding tert-OH is 3. The molecule has 10 atom stereocenters. The van der Waals surface area contributed by atoms with Crippen molar-refractivity contribution in [3.05, 3.63) is 41.7 Å². The molecule has 2 unspecified atom stereocenters. The SMILES string of the molecule is CSC1O[C@H]([C@H](NC(=O)[C@H]2NC[C@@H]3C=C(c4ccccc4F)CCO[C@@H]23)[C@H](C)Cl)[C@@H](O)C(O)[C@H]1O. The van der Waals surface area contributed by atoms with Gasteiger partial charge in [-0.2, -0.15) is 0 Å². The Labute approximate surface area is 213 Å². The minimum Gasteiger partial charge on any atom is -0.388 e. The number of aliphatic hydroxyl groups is 3. The van der Waals surface area contributed by atoms with Crippen LogP contribution in [-0.2, 0) is 14.3 Å². The summed E-state index contributed by atoms with van der Waals surface area (Å²) in [6, 6.07) is 5.07. The normalized spacial score (nSPS) is 37.1. The van der Waals surface area contributed by atoms with Crippen LogP contribution in [0.5, 0.6) is 0 Å². The van der Waals surface area contributed by atoms with Gasteiger partial charge in [-0.05, 0) is 31.2 Å². The van der Waals surface area contributed by atoms with Gasteiger partial charge in [0.1, 0.15) is 41.7 Å². The largest absolute Gasteiger partial charge is 0.388 e. The first-order chi connectivity index (χ1) is 16.7. The van der Waals surface area contributed by atoms with Crippen LogP contribution in [-0.4, -0.2) is 94.1 Å². The zero-order chi connectivity index (χ0) is 25.3. The summed E-state index contributed by atoms with van der Waals surface area (Å²) >= 11 is 7.57. The van der Waals surface area contributed by atoms with E-state index in [0.29, 0.717) is 25.1 Å². The van der Waals surface area contributed by atoms with E-state index in [2.05, 4.69) is 10.6 Å². The number of thioether (sulfide) groups is 1. The van der Waals surface area contributed by atoms with Crippen molar-refractivity contribution in [3.63, 3.8) is 0 Å². The summed E-state index contributed by atoms with van der Waals surface area (Å²) in [5.74, 6) is -0.808.